The van der Waals surface area contributed by atoms with E-state index in [9.17, 15) is 0 Å². The summed E-state index contributed by atoms with van der Waals surface area (Å²) in [4.78, 5) is 0. The zero-order chi connectivity index (χ0) is 18.8. The Morgan fingerprint density at radius 3 is 1.43 bits per heavy atom. The number of hydrogen-bond acceptors (Lipinski definition) is 0. The van der Waals surface area contributed by atoms with Gasteiger partial charge >= 0.3 is 0 Å². The normalized spacial score (nSPS) is 23.4. The van der Waals surface area contributed by atoms with Crippen molar-refractivity contribution < 1.29 is 0 Å². The molecule has 2 aliphatic rings. The summed E-state index contributed by atoms with van der Waals surface area (Å²) < 4.78 is 0. The first-order valence-corrected chi connectivity index (χ1v) is 10.5. The van der Waals surface area contributed by atoms with Crippen LogP contribution in [0.25, 0.3) is 32.7 Å². The Kier molecular flexibility index (Phi) is 3.35. The Morgan fingerprint density at radius 1 is 0.536 bits per heavy atom. The van der Waals surface area contributed by atoms with E-state index in [-0.39, 0.29) is 0 Å². The van der Waals surface area contributed by atoms with Crippen LogP contribution >= 0.6 is 0 Å². The van der Waals surface area contributed by atoms with Crippen LogP contribution < -0.4 is 0 Å². The summed E-state index contributed by atoms with van der Waals surface area (Å²) >= 11 is 0. The highest BCUT2D eigenvalue weighted by Gasteiger charge is 2.34. The van der Waals surface area contributed by atoms with Crippen molar-refractivity contribution in [2.75, 3.05) is 0 Å². The predicted octanol–water partition coefficient (Wildman–Crippen LogP) is 7.29. The third-order valence-electron chi connectivity index (χ3n) is 6.90. The largest absolute Gasteiger partial charge is 0.0616 e. The lowest BCUT2D eigenvalue weighted by Gasteiger charge is -2.18. The van der Waals surface area contributed by atoms with Crippen molar-refractivity contribution in [1.82, 2.24) is 0 Å². The summed E-state index contributed by atoms with van der Waals surface area (Å²) in [6.07, 6.45) is 2.32. The lowest BCUT2D eigenvalue weighted by Crippen LogP contribution is -2.00. The van der Waals surface area contributed by atoms with E-state index in [0.717, 1.165) is 12.8 Å². The minimum absolute atomic E-state index is 0.572. The van der Waals surface area contributed by atoms with Crippen molar-refractivity contribution in [2.24, 2.45) is 11.8 Å². The van der Waals surface area contributed by atoms with Gasteiger partial charge in [-0.25, -0.2) is 0 Å². The number of allylic oxidation sites excluding steroid dienone is 2. The molecule has 0 heterocycles. The molecule has 0 aromatic heterocycles. The van der Waals surface area contributed by atoms with Crippen molar-refractivity contribution in [1.29, 1.82) is 0 Å². The van der Waals surface area contributed by atoms with Gasteiger partial charge in [-0.2, -0.15) is 0 Å². The fraction of sp³-hybridized carbons (Fsp3) is 0.214. The van der Waals surface area contributed by atoms with E-state index >= 15 is 0 Å². The van der Waals surface area contributed by atoms with Gasteiger partial charge in [0.25, 0.3) is 0 Å². The molecule has 0 unspecified atom stereocenters. The quantitative estimate of drug-likeness (QED) is 0.309. The molecule has 4 aromatic rings. The third-order valence-corrected chi connectivity index (χ3v) is 6.90. The van der Waals surface area contributed by atoms with Crippen LogP contribution in [0.2, 0.25) is 0 Å². The van der Waals surface area contributed by atoms with Crippen LogP contribution in [-0.4, -0.2) is 0 Å². The summed E-state index contributed by atoms with van der Waals surface area (Å²) in [6, 6.07) is 27.2. The molecule has 2 aliphatic carbocycles. The average molecular weight is 361 g/mol. The molecule has 0 saturated carbocycles. The van der Waals surface area contributed by atoms with Crippen LogP contribution in [0.3, 0.4) is 0 Å². The molecule has 0 N–H and O–H groups in total. The predicted molar refractivity (Wildman–Crippen MR) is 120 cm³/mol. The second kappa shape index (κ2) is 5.82. The molecule has 0 amide bonds. The van der Waals surface area contributed by atoms with E-state index in [1.165, 1.54) is 43.8 Å². The molecule has 0 heteroatoms. The molecular weight excluding hydrogens is 336 g/mol. The Bertz CT molecular complexity index is 1190. The lowest BCUT2D eigenvalue weighted by atomic mass is 9.85. The first-order chi connectivity index (χ1) is 13.7. The molecule has 28 heavy (non-hydrogen) atoms. The molecule has 136 valence electrons. The Hall–Kier alpha value is -2.86. The van der Waals surface area contributed by atoms with Crippen LogP contribution in [0.1, 0.15) is 36.1 Å². The molecule has 0 radical (unpaired) electrons. The summed E-state index contributed by atoms with van der Waals surface area (Å²) in [6.45, 7) is 4.85. The standard InChI is InChI=1S/C28H24/c1-17-15-21-13-11-19-7-3-5-9-23(19)27(21)25(17)26-18(2)16-22-14-12-20-8-4-6-10-24(20)28(22)26/h3-14,17-18H,15-16H2,1-2H3/b26-25-/t17-,18-/m0/s1. The van der Waals surface area contributed by atoms with Crippen LogP contribution in [0.5, 0.6) is 0 Å². The number of rotatable bonds is 0. The van der Waals surface area contributed by atoms with E-state index in [2.05, 4.69) is 86.6 Å². The van der Waals surface area contributed by atoms with Crippen molar-refractivity contribution >= 4 is 32.7 Å². The molecule has 0 nitrogen and oxygen atoms in total. The Morgan fingerprint density at radius 2 is 0.964 bits per heavy atom. The van der Waals surface area contributed by atoms with E-state index in [0.29, 0.717) is 11.8 Å². The van der Waals surface area contributed by atoms with E-state index < -0.39 is 0 Å². The van der Waals surface area contributed by atoms with Gasteiger partial charge in [0.1, 0.15) is 0 Å². The topological polar surface area (TPSA) is 0 Å². The minimum Gasteiger partial charge on any atom is -0.0616 e. The molecule has 6 rings (SSSR count). The lowest BCUT2D eigenvalue weighted by molar-refractivity contribution is 0.754. The van der Waals surface area contributed by atoms with E-state index in [1.54, 1.807) is 11.1 Å². The van der Waals surface area contributed by atoms with Crippen molar-refractivity contribution in [3.8, 4) is 0 Å². The van der Waals surface area contributed by atoms with E-state index in [4.69, 9.17) is 0 Å². The maximum absolute atomic E-state index is 2.42. The summed E-state index contributed by atoms with van der Waals surface area (Å²) in [5.74, 6) is 1.14. The van der Waals surface area contributed by atoms with Gasteiger partial charge in [0, 0.05) is 0 Å². The first-order valence-electron chi connectivity index (χ1n) is 10.5. The summed E-state index contributed by atoms with van der Waals surface area (Å²) in [7, 11) is 0. The average Bonchev–Trinajstić information content (AvgIpc) is 3.23. The highest BCUT2D eigenvalue weighted by molar-refractivity contribution is 6.10. The molecule has 0 fully saturated rings. The monoisotopic (exact) mass is 360 g/mol. The van der Waals surface area contributed by atoms with Crippen LogP contribution in [-0.2, 0) is 12.8 Å². The molecule has 0 bridgehead atoms. The fourth-order valence-corrected chi connectivity index (χ4v) is 5.77. The second-order valence-electron chi connectivity index (χ2n) is 8.68. The fourth-order valence-electron chi connectivity index (χ4n) is 5.77. The van der Waals surface area contributed by atoms with Gasteiger partial charge < -0.3 is 0 Å². The molecule has 0 spiro atoms. The van der Waals surface area contributed by atoms with Crippen molar-refractivity contribution in [3.05, 3.63) is 95.1 Å². The molecule has 0 saturated heterocycles. The molecule has 2 atom stereocenters. The van der Waals surface area contributed by atoms with Crippen molar-refractivity contribution in [2.45, 2.75) is 26.7 Å². The third kappa shape index (κ3) is 2.12. The number of hydrogen-bond donors (Lipinski definition) is 0. The summed E-state index contributed by atoms with van der Waals surface area (Å²) in [5, 5.41) is 5.56. The van der Waals surface area contributed by atoms with E-state index in [1.807, 2.05) is 0 Å². The summed E-state index contributed by atoms with van der Waals surface area (Å²) in [5.41, 5.74) is 9.30. The zero-order valence-corrected chi connectivity index (χ0v) is 16.5. The van der Waals surface area contributed by atoms with Crippen LogP contribution in [0.4, 0.5) is 0 Å². The highest BCUT2D eigenvalue weighted by atomic mass is 14.4. The Balaban J connectivity index is 1.75. The molecule has 4 aromatic carbocycles. The number of benzene rings is 4. The van der Waals surface area contributed by atoms with Gasteiger partial charge in [-0.15, -0.1) is 0 Å². The maximum atomic E-state index is 2.42. The van der Waals surface area contributed by atoms with Gasteiger partial charge in [0.05, 0.1) is 0 Å². The highest BCUT2D eigenvalue weighted by Crippen LogP contribution is 2.51. The second-order valence-corrected chi connectivity index (χ2v) is 8.68. The van der Waals surface area contributed by atoms with Crippen molar-refractivity contribution in [3.63, 3.8) is 0 Å². The Labute approximate surface area is 166 Å². The van der Waals surface area contributed by atoms with Gasteiger partial charge in [-0.3, -0.25) is 0 Å². The zero-order valence-electron chi connectivity index (χ0n) is 16.5. The van der Waals surface area contributed by atoms with Crippen LogP contribution in [0.15, 0.2) is 72.8 Å². The van der Waals surface area contributed by atoms with Crippen LogP contribution in [0, 0.1) is 11.8 Å². The minimum atomic E-state index is 0.572. The maximum Gasteiger partial charge on any atom is -0.0106 e. The number of fused-ring (bicyclic) bond motifs is 6. The first kappa shape index (κ1) is 16.1. The smallest absolute Gasteiger partial charge is 0.0106 e. The van der Waals surface area contributed by atoms with Gasteiger partial charge in [-0.1, -0.05) is 86.6 Å². The van der Waals surface area contributed by atoms with Gasteiger partial charge in [0.15, 0.2) is 0 Å². The molecular formula is C28H24. The molecule has 0 aliphatic heterocycles. The van der Waals surface area contributed by atoms with Gasteiger partial charge in [-0.05, 0) is 79.6 Å². The SMILES string of the molecule is C[C@H]1Cc2ccc3ccccc3c2/C1=C1\c2c(ccc3ccccc23)C[C@@H]1C. The van der Waals surface area contributed by atoms with Gasteiger partial charge in [0.2, 0.25) is 0 Å².